The van der Waals surface area contributed by atoms with Crippen molar-refractivity contribution in [2.75, 3.05) is 0 Å². The molecule has 1 nitrogen and oxygen atoms in total. The van der Waals surface area contributed by atoms with Crippen LogP contribution in [0, 0.1) is 12.8 Å². The van der Waals surface area contributed by atoms with Gasteiger partial charge in [-0.2, -0.15) is 0 Å². The van der Waals surface area contributed by atoms with Crippen LogP contribution in [-0.4, -0.2) is 11.2 Å². The van der Waals surface area contributed by atoms with Crippen LogP contribution in [0.25, 0.3) is 0 Å². The Morgan fingerprint density at radius 2 is 2.14 bits per heavy atom. The van der Waals surface area contributed by atoms with Crippen LogP contribution in [0.2, 0.25) is 0 Å². The maximum Gasteiger partial charge on any atom is 0.0597 e. The standard InChI is InChI=1S/C6H12O/c1-4-6(7)5(2)3/h6-7H,1,4H2,2-3H3. The van der Waals surface area contributed by atoms with Crippen molar-refractivity contribution in [3.05, 3.63) is 12.8 Å². The van der Waals surface area contributed by atoms with Crippen molar-refractivity contribution in [1.82, 2.24) is 0 Å². The normalized spacial score (nSPS) is 15.0. The first kappa shape index (κ1) is 6.96. The molecule has 1 unspecified atom stereocenters. The lowest BCUT2D eigenvalue weighted by Gasteiger charge is -2.08. The molecule has 0 saturated heterocycles. The van der Waals surface area contributed by atoms with E-state index in [2.05, 4.69) is 6.92 Å². The second-order valence-electron chi connectivity index (χ2n) is 1.88. The predicted octanol–water partition coefficient (Wildman–Crippen LogP) is 1.19. The van der Waals surface area contributed by atoms with Crippen molar-refractivity contribution in [1.29, 1.82) is 0 Å². The largest absolute Gasteiger partial charge is 0.393 e. The molecule has 42 valence electrons. The molecule has 0 aromatic heterocycles. The summed E-state index contributed by atoms with van der Waals surface area (Å²) in [5.41, 5.74) is 0. The van der Waals surface area contributed by atoms with Gasteiger partial charge < -0.3 is 5.11 Å². The molecule has 2 radical (unpaired) electrons. The van der Waals surface area contributed by atoms with Gasteiger partial charge in [0.15, 0.2) is 0 Å². The van der Waals surface area contributed by atoms with Crippen LogP contribution in [0.15, 0.2) is 0 Å². The van der Waals surface area contributed by atoms with E-state index < -0.39 is 0 Å². The van der Waals surface area contributed by atoms with Crippen LogP contribution in [0.3, 0.4) is 0 Å². The summed E-state index contributed by atoms with van der Waals surface area (Å²) in [6.07, 6.45) is 0.294. The Hall–Kier alpha value is -0.0400. The topological polar surface area (TPSA) is 20.2 Å². The summed E-state index contributed by atoms with van der Waals surface area (Å²) in [7, 11) is 0. The average Bonchev–Trinajstić information content (AvgIpc) is 1.65. The molecule has 0 aliphatic carbocycles. The minimum Gasteiger partial charge on any atom is -0.393 e. The number of hydrogen-bond acceptors (Lipinski definition) is 1. The molecule has 0 saturated carbocycles. The highest BCUT2D eigenvalue weighted by atomic mass is 16.3. The van der Waals surface area contributed by atoms with E-state index in [1.165, 1.54) is 0 Å². The minimum absolute atomic E-state index is 0.292. The Bertz CT molecular complexity index is 41.4. The molecular weight excluding hydrogens is 88.1 g/mol. The summed E-state index contributed by atoms with van der Waals surface area (Å²) in [4.78, 5) is 0. The molecule has 0 aromatic carbocycles. The predicted molar refractivity (Wildman–Crippen MR) is 30.6 cm³/mol. The molecule has 0 spiro atoms. The monoisotopic (exact) mass is 100 g/mol. The molecule has 0 rings (SSSR count). The van der Waals surface area contributed by atoms with Crippen molar-refractivity contribution in [2.24, 2.45) is 0 Å². The zero-order valence-corrected chi connectivity index (χ0v) is 4.94. The van der Waals surface area contributed by atoms with E-state index in [9.17, 15) is 0 Å². The van der Waals surface area contributed by atoms with Crippen LogP contribution in [0.1, 0.15) is 20.3 Å². The van der Waals surface area contributed by atoms with E-state index >= 15 is 0 Å². The van der Waals surface area contributed by atoms with Crippen LogP contribution in [0.5, 0.6) is 0 Å². The van der Waals surface area contributed by atoms with Crippen LogP contribution >= 0.6 is 0 Å². The van der Waals surface area contributed by atoms with Gasteiger partial charge in [-0.15, -0.1) is 0 Å². The van der Waals surface area contributed by atoms with Gasteiger partial charge in [0, 0.05) is 0 Å². The Morgan fingerprint density at radius 3 is 2.14 bits per heavy atom. The van der Waals surface area contributed by atoms with Gasteiger partial charge in [-0.1, -0.05) is 20.8 Å². The van der Waals surface area contributed by atoms with Gasteiger partial charge in [-0.3, -0.25) is 0 Å². The maximum absolute atomic E-state index is 8.84. The Labute approximate surface area is 45.4 Å². The summed E-state index contributed by atoms with van der Waals surface area (Å²) in [5, 5.41) is 8.84. The van der Waals surface area contributed by atoms with Gasteiger partial charge in [-0.05, 0) is 12.3 Å². The molecule has 0 fully saturated rings. The van der Waals surface area contributed by atoms with E-state index in [0.29, 0.717) is 6.42 Å². The highest BCUT2D eigenvalue weighted by Gasteiger charge is 2.04. The van der Waals surface area contributed by atoms with Crippen molar-refractivity contribution < 1.29 is 5.11 Å². The van der Waals surface area contributed by atoms with Crippen LogP contribution < -0.4 is 0 Å². The SMILES string of the molecule is [CH2]CC(O)[C](C)C. The molecule has 1 heteroatoms. The second-order valence-corrected chi connectivity index (χ2v) is 1.88. The van der Waals surface area contributed by atoms with E-state index in [-0.39, 0.29) is 6.10 Å². The third-order valence-corrected chi connectivity index (χ3v) is 0.940. The molecule has 0 aliphatic rings. The summed E-state index contributed by atoms with van der Waals surface area (Å²) < 4.78 is 0. The molecule has 0 aliphatic heterocycles. The van der Waals surface area contributed by atoms with Crippen molar-refractivity contribution in [3.63, 3.8) is 0 Å². The minimum atomic E-state index is -0.292. The Morgan fingerprint density at radius 1 is 1.71 bits per heavy atom. The number of hydrogen-bond donors (Lipinski definition) is 1. The first-order chi connectivity index (χ1) is 3.18. The fourth-order valence-corrected chi connectivity index (χ4v) is 0.289. The number of rotatable bonds is 2. The second kappa shape index (κ2) is 3.03. The van der Waals surface area contributed by atoms with Crippen molar-refractivity contribution >= 4 is 0 Å². The molecule has 0 heterocycles. The molecule has 0 amide bonds. The first-order valence-corrected chi connectivity index (χ1v) is 2.46. The maximum atomic E-state index is 8.84. The summed E-state index contributed by atoms with van der Waals surface area (Å²) in [6, 6.07) is 0. The molecule has 7 heavy (non-hydrogen) atoms. The zero-order chi connectivity index (χ0) is 5.86. The van der Waals surface area contributed by atoms with Crippen molar-refractivity contribution in [3.8, 4) is 0 Å². The fourth-order valence-electron chi connectivity index (χ4n) is 0.289. The van der Waals surface area contributed by atoms with Crippen LogP contribution in [-0.2, 0) is 0 Å². The summed E-state index contributed by atoms with van der Waals surface area (Å²) >= 11 is 0. The van der Waals surface area contributed by atoms with E-state index in [0.717, 1.165) is 5.92 Å². The van der Waals surface area contributed by atoms with Gasteiger partial charge in [0.25, 0.3) is 0 Å². The molecular formula is C6H12O. The third-order valence-electron chi connectivity index (χ3n) is 0.940. The molecule has 0 bridgehead atoms. The van der Waals surface area contributed by atoms with Gasteiger partial charge in [0.2, 0.25) is 0 Å². The summed E-state index contributed by atoms with van der Waals surface area (Å²) in [6.45, 7) is 7.33. The smallest absolute Gasteiger partial charge is 0.0597 e. The average molecular weight is 100 g/mol. The van der Waals surface area contributed by atoms with Gasteiger partial charge in [0.05, 0.1) is 6.10 Å². The lowest BCUT2D eigenvalue weighted by Crippen LogP contribution is -2.10. The first-order valence-electron chi connectivity index (χ1n) is 2.46. The van der Waals surface area contributed by atoms with Crippen LogP contribution in [0.4, 0.5) is 0 Å². The number of aliphatic hydroxyl groups is 1. The number of aliphatic hydroxyl groups excluding tert-OH is 1. The quantitative estimate of drug-likeness (QED) is 0.552. The van der Waals surface area contributed by atoms with Gasteiger partial charge >= 0.3 is 0 Å². The Kier molecular flexibility index (Phi) is 3.01. The molecule has 1 atom stereocenters. The van der Waals surface area contributed by atoms with Crippen molar-refractivity contribution in [2.45, 2.75) is 26.4 Å². The molecule has 1 N–H and O–H groups in total. The summed E-state index contributed by atoms with van der Waals surface area (Å²) in [5.74, 6) is 1.04. The van der Waals surface area contributed by atoms with Gasteiger partial charge in [0.1, 0.15) is 0 Å². The Balaban J connectivity index is 3.14. The van der Waals surface area contributed by atoms with E-state index in [4.69, 9.17) is 5.11 Å². The molecule has 0 aromatic rings. The zero-order valence-electron chi connectivity index (χ0n) is 4.94. The highest BCUT2D eigenvalue weighted by molar-refractivity contribution is 4.86. The lowest BCUT2D eigenvalue weighted by atomic mass is 10.1. The lowest BCUT2D eigenvalue weighted by molar-refractivity contribution is 0.191. The highest BCUT2D eigenvalue weighted by Crippen LogP contribution is 2.05. The van der Waals surface area contributed by atoms with E-state index in [1.54, 1.807) is 0 Å². The fraction of sp³-hybridized carbons (Fsp3) is 0.667. The third kappa shape index (κ3) is 2.63. The van der Waals surface area contributed by atoms with Gasteiger partial charge in [-0.25, -0.2) is 0 Å². The van der Waals surface area contributed by atoms with E-state index in [1.807, 2.05) is 13.8 Å².